The number of carbonyl (C=O) groups is 4. The van der Waals surface area contributed by atoms with E-state index in [2.05, 4.69) is 11.0 Å². The first kappa shape index (κ1) is 40.2. The van der Waals surface area contributed by atoms with Gasteiger partial charge in [0.05, 0.1) is 6.54 Å². The summed E-state index contributed by atoms with van der Waals surface area (Å²) in [5.74, 6) is 1.05. The molecule has 6 rings (SSSR count). The maximum Gasteiger partial charge on any atom is 0.410 e. The molecule has 2 aromatic rings. The molecule has 0 spiro atoms. The van der Waals surface area contributed by atoms with E-state index in [0.717, 1.165) is 54.7 Å². The second kappa shape index (κ2) is 16.7. The number of hydrogen-bond donors (Lipinski definition) is 0. The van der Waals surface area contributed by atoms with Crippen molar-refractivity contribution in [2.24, 2.45) is 0 Å². The van der Waals surface area contributed by atoms with Gasteiger partial charge in [0, 0.05) is 82.1 Å². The van der Waals surface area contributed by atoms with E-state index in [1.165, 1.54) is 6.42 Å². The standard InChI is InChI=1S/C43H61N5O7/c1-30-25-33(27-34(26-30)44-17-23-47(24-18-44)40(51)54-42(2,3)4)39(50)46-21-19-45(20-22-46)38(49)32-13-14-37(36(28-32)31-11-9-8-10-12-31)53-35-15-16-48(29-35)41(52)55-43(5,6)7/h13-14,25-28,31,35H,8-12,15-24,29H2,1-7H3/t35-/m0/s1. The van der Waals surface area contributed by atoms with Gasteiger partial charge < -0.3 is 38.7 Å². The molecule has 3 aliphatic heterocycles. The van der Waals surface area contributed by atoms with Gasteiger partial charge in [0.1, 0.15) is 23.1 Å². The van der Waals surface area contributed by atoms with Crippen LogP contribution in [0.25, 0.3) is 0 Å². The lowest BCUT2D eigenvalue weighted by Crippen LogP contribution is -2.51. The fraction of sp³-hybridized carbons (Fsp3) is 0.628. The molecular formula is C43H61N5O7. The molecule has 300 valence electrons. The highest BCUT2D eigenvalue weighted by Gasteiger charge is 2.33. The molecular weight excluding hydrogens is 699 g/mol. The van der Waals surface area contributed by atoms with Crippen LogP contribution >= 0.6 is 0 Å². The molecule has 12 nitrogen and oxygen atoms in total. The van der Waals surface area contributed by atoms with Gasteiger partial charge in [-0.2, -0.15) is 0 Å². The van der Waals surface area contributed by atoms with E-state index in [4.69, 9.17) is 14.2 Å². The monoisotopic (exact) mass is 759 g/mol. The third-order valence-electron chi connectivity index (χ3n) is 10.9. The van der Waals surface area contributed by atoms with E-state index < -0.39 is 11.2 Å². The number of hydrogen-bond acceptors (Lipinski definition) is 8. The summed E-state index contributed by atoms with van der Waals surface area (Å²) in [6.45, 7) is 18.5. The Morgan fingerprint density at radius 1 is 0.600 bits per heavy atom. The van der Waals surface area contributed by atoms with Gasteiger partial charge in [0.25, 0.3) is 11.8 Å². The molecule has 0 N–H and O–H groups in total. The molecule has 2 aromatic carbocycles. The minimum Gasteiger partial charge on any atom is -0.488 e. The lowest BCUT2D eigenvalue weighted by molar-refractivity contribution is 0.0238. The van der Waals surface area contributed by atoms with Gasteiger partial charge in [0.15, 0.2) is 0 Å². The molecule has 1 atom stereocenters. The van der Waals surface area contributed by atoms with Crippen molar-refractivity contribution in [1.82, 2.24) is 19.6 Å². The highest BCUT2D eigenvalue weighted by Crippen LogP contribution is 2.39. The smallest absolute Gasteiger partial charge is 0.410 e. The Balaban J connectivity index is 1.06. The molecule has 4 amide bonds. The van der Waals surface area contributed by atoms with Crippen LogP contribution in [0.3, 0.4) is 0 Å². The number of aryl methyl sites for hydroxylation is 1. The van der Waals surface area contributed by atoms with Crippen molar-refractivity contribution in [3.8, 4) is 5.75 Å². The predicted molar refractivity (Wildman–Crippen MR) is 212 cm³/mol. The summed E-state index contributed by atoms with van der Waals surface area (Å²) >= 11 is 0. The molecule has 3 heterocycles. The molecule has 4 fully saturated rings. The van der Waals surface area contributed by atoms with E-state index in [1.807, 2.05) is 88.6 Å². The summed E-state index contributed by atoms with van der Waals surface area (Å²) in [7, 11) is 0. The zero-order valence-electron chi connectivity index (χ0n) is 34.0. The van der Waals surface area contributed by atoms with Gasteiger partial charge in [-0.05, 0) is 115 Å². The van der Waals surface area contributed by atoms with Gasteiger partial charge >= 0.3 is 12.2 Å². The van der Waals surface area contributed by atoms with Crippen molar-refractivity contribution in [2.75, 3.05) is 70.3 Å². The largest absolute Gasteiger partial charge is 0.488 e. The first-order valence-corrected chi connectivity index (χ1v) is 20.2. The molecule has 12 heteroatoms. The van der Waals surface area contributed by atoms with Crippen LogP contribution in [-0.2, 0) is 9.47 Å². The number of benzene rings is 2. The molecule has 0 unspecified atom stereocenters. The van der Waals surface area contributed by atoms with E-state index in [9.17, 15) is 19.2 Å². The van der Waals surface area contributed by atoms with Crippen LogP contribution in [0.2, 0.25) is 0 Å². The van der Waals surface area contributed by atoms with Crippen LogP contribution in [0.1, 0.15) is 118 Å². The maximum atomic E-state index is 14.0. The Hall–Kier alpha value is -4.48. The van der Waals surface area contributed by atoms with Crippen LogP contribution in [0, 0.1) is 6.92 Å². The summed E-state index contributed by atoms with van der Waals surface area (Å²) in [5, 5.41) is 0. The molecule has 0 radical (unpaired) electrons. The molecule has 3 saturated heterocycles. The van der Waals surface area contributed by atoms with Crippen LogP contribution in [0.15, 0.2) is 36.4 Å². The van der Waals surface area contributed by atoms with E-state index in [-0.39, 0.29) is 30.1 Å². The average Bonchev–Trinajstić information content (AvgIpc) is 3.62. The Labute approximate surface area is 327 Å². The molecule has 55 heavy (non-hydrogen) atoms. The molecule has 1 saturated carbocycles. The van der Waals surface area contributed by atoms with E-state index >= 15 is 0 Å². The van der Waals surface area contributed by atoms with Crippen molar-refractivity contribution in [1.29, 1.82) is 0 Å². The van der Waals surface area contributed by atoms with Gasteiger partial charge in [-0.3, -0.25) is 9.59 Å². The lowest BCUT2D eigenvalue weighted by Gasteiger charge is -2.37. The van der Waals surface area contributed by atoms with Crippen molar-refractivity contribution in [3.05, 3.63) is 58.7 Å². The topological polar surface area (TPSA) is 112 Å². The summed E-state index contributed by atoms with van der Waals surface area (Å²) in [4.78, 5) is 62.4. The number of likely N-dealkylation sites (tertiary alicyclic amines) is 1. The number of carbonyl (C=O) groups excluding carboxylic acids is 4. The van der Waals surface area contributed by atoms with Gasteiger partial charge in [-0.1, -0.05) is 19.3 Å². The van der Waals surface area contributed by atoms with Crippen molar-refractivity contribution < 1.29 is 33.4 Å². The second-order valence-electron chi connectivity index (χ2n) is 17.6. The first-order valence-electron chi connectivity index (χ1n) is 20.2. The van der Waals surface area contributed by atoms with Gasteiger partial charge in [-0.15, -0.1) is 0 Å². The summed E-state index contributed by atoms with van der Waals surface area (Å²) < 4.78 is 17.7. The Bertz CT molecular complexity index is 1710. The van der Waals surface area contributed by atoms with Gasteiger partial charge in [-0.25, -0.2) is 9.59 Å². The normalized spacial score (nSPS) is 20.1. The van der Waals surface area contributed by atoms with Crippen LogP contribution < -0.4 is 9.64 Å². The maximum absolute atomic E-state index is 14.0. The SMILES string of the molecule is Cc1cc(C(=O)N2CCN(C(=O)c3ccc(O[C@H]4CCN(C(=O)OC(C)(C)C)C4)c(C4CCCCC4)c3)CC2)cc(N2CCN(C(=O)OC(C)(C)C)CC2)c1. The van der Waals surface area contributed by atoms with Crippen LogP contribution in [-0.4, -0.2) is 126 Å². The number of ether oxygens (including phenoxy) is 3. The summed E-state index contributed by atoms with van der Waals surface area (Å²) in [6.07, 6.45) is 5.63. The second-order valence-corrected chi connectivity index (χ2v) is 17.6. The average molecular weight is 760 g/mol. The number of rotatable bonds is 6. The molecule has 0 bridgehead atoms. The van der Waals surface area contributed by atoms with Crippen molar-refractivity contribution in [2.45, 2.75) is 110 Å². The number of piperazine rings is 2. The zero-order chi connectivity index (χ0) is 39.5. The highest BCUT2D eigenvalue weighted by molar-refractivity contribution is 5.97. The molecule has 1 aliphatic carbocycles. The minimum atomic E-state index is -0.552. The fourth-order valence-corrected chi connectivity index (χ4v) is 8.04. The zero-order valence-corrected chi connectivity index (χ0v) is 34.0. The summed E-state index contributed by atoms with van der Waals surface area (Å²) in [6, 6.07) is 11.8. The van der Waals surface area contributed by atoms with Gasteiger partial charge in [0.2, 0.25) is 0 Å². The number of anilines is 1. The Morgan fingerprint density at radius 2 is 1.16 bits per heavy atom. The molecule has 4 aliphatic rings. The van der Waals surface area contributed by atoms with Crippen LogP contribution in [0.4, 0.5) is 15.3 Å². The Morgan fingerprint density at radius 3 is 1.76 bits per heavy atom. The highest BCUT2D eigenvalue weighted by atomic mass is 16.6. The van der Waals surface area contributed by atoms with Crippen LogP contribution in [0.5, 0.6) is 5.75 Å². The first-order chi connectivity index (χ1) is 26.0. The summed E-state index contributed by atoms with van der Waals surface area (Å²) in [5.41, 5.74) is 3.23. The fourth-order valence-electron chi connectivity index (χ4n) is 8.04. The predicted octanol–water partition coefficient (Wildman–Crippen LogP) is 7.09. The third-order valence-corrected chi connectivity index (χ3v) is 10.9. The molecule has 0 aromatic heterocycles. The quantitative estimate of drug-likeness (QED) is 0.307. The van der Waals surface area contributed by atoms with Crippen molar-refractivity contribution in [3.63, 3.8) is 0 Å². The minimum absolute atomic E-state index is 0.0314. The third kappa shape index (κ3) is 10.4. The number of nitrogens with zero attached hydrogens (tertiary/aromatic N) is 5. The van der Waals surface area contributed by atoms with Crippen molar-refractivity contribution >= 4 is 29.7 Å². The number of amides is 4. The van der Waals surface area contributed by atoms with E-state index in [0.29, 0.717) is 82.5 Å². The van der Waals surface area contributed by atoms with E-state index in [1.54, 1.807) is 9.80 Å². The lowest BCUT2D eigenvalue weighted by atomic mass is 9.83. The Kier molecular flexibility index (Phi) is 12.2.